The molecule has 0 amide bonds. The van der Waals surface area contributed by atoms with Gasteiger partial charge >= 0.3 is 0 Å². The van der Waals surface area contributed by atoms with Crippen LogP contribution in [0.3, 0.4) is 0 Å². The molecule has 1 rings (SSSR count). The molecule has 0 heterocycles. The average Bonchev–Trinajstić information content (AvgIpc) is 2.15. The standard InChI is InChI=1S/C10H11NS/c11-8-10-4-1-3-9(7-10)5-2-6-12/h1,3-4,7,12H,2,5-6H2. The molecule has 0 saturated carbocycles. The molecule has 0 saturated heterocycles. The number of hydrogen-bond acceptors (Lipinski definition) is 2. The summed E-state index contributed by atoms with van der Waals surface area (Å²) < 4.78 is 0. The summed E-state index contributed by atoms with van der Waals surface area (Å²) in [5, 5.41) is 8.62. The van der Waals surface area contributed by atoms with Gasteiger partial charge in [-0.1, -0.05) is 12.1 Å². The molecule has 0 spiro atoms. The molecule has 12 heavy (non-hydrogen) atoms. The fourth-order valence-electron chi connectivity index (χ4n) is 1.08. The van der Waals surface area contributed by atoms with Crippen molar-refractivity contribution in [2.75, 3.05) is 5.75 Å². The summed E-state index contributed by atoms with van der Waals surface area (Å²) in [6.45, 7) is 0. The van der Waals surface area contributed by atoms with Gasteiger partial charge in [0.2, 0.25) is 0 Å². The van der Waals surface area contributed by atoms with Crippen molar-refractivity contribution in [3.8, 4) is 6.07 Å². The molecule has 0 atom stereocenters. The Morgan fingerprint density at radius 3 is 2.92 bits per heavy atom. The third kappa shape index (κ3) is 2.60. The van der Waals surface area contributed by atoms with Gasteiger partial charge in [-0.25, -0.2) is 0 Å². The van der Waals surface area contributed by atoms with Crippen LogP contribution in [0.4, 0.5) is 0 Å². The van der Waals surface area contributed by atoms with Crippen molar-refractivity contribution in [3.05, 3.63) is 35.4 Å². The highest BCUT2D eigenvalue weighted by Crippen LogP contribution is 2.06. The lowest BCUT2D eigenvalue weighted by Gasteiger charge is -1.98. The van der Waals surface area contributed by atoms with Crippen molar-refractivity contribution < 1.29 is 0 Å². The van der Waals surface area contributed by atoms with Gasteiger partial charge in [0, 0.05) is 0 Å². The first-order chi connectivity index (χ1) is 5.86. The topological polar surface area (TPSA) is 23.8 Å². The molecule has 0 aliphatic rings. The number of hydrogen-bond donors (Lipinski definition) is 1. The number of nitrogens with zero attached hydrogens (tertiary/aromatic N) is 1. The summed E-state index contributed by atoms with van der Waals surface area (Å²) in [4.78, 5) is 0. The van der Waals surface area contributed by atoms with Crippen LogP contribution in [-0.2, 0) is 6.42 Å². The van der Waals surface area contributed by atoms with Crippen LogP contribution in [0.1, 0.15) is 17.5 Å². The highest BCUT2D eigenvalue weighted by molar-refractivity contribution is 7.80. The van der Waals surface area contributed by atoms with Crippen molar-refractivity contribution in [2.24, 2.45) is 0 Å². The van der Waals surface area contributed by atoms with Crippen LogP contribution in [0.25, 0.3) is 0 Å². The normalized spacial score (nSPS) is 9.33. The Bertz CT molecular complexity index is 288. The molecule has 0 aliphatic carbocycles. The molecule has 0 aliphatic heterocycles. The molecule has 1 aromatic rings. The first-order valence-electron chi connectivity index (χ1n) is 3.96. The van der Waals surface area contributed by atoms with Gasteiger partial charge in [-0.15, -0.1) is 0 Å². The smallest absolute Gasteiger partial charge is 0.0991 e. The first-order valence-corrected chi connectivity index (χ1v) is 4.60. The molecule has 2 heteroatoms. The number of rotatable bonds is 3. The Morgan fingerprint density at radius 1 is 1.42 bits per heavy atom. The first kappa shape index (κ1) is 9.15. The van der Waals surface area contributed by atoms with Gasteiger partial charge in [-0.3, -0.25) is 0 Å². The van der Waals surface area contributed by atoms with E-state index in [-0.39, 0.29) is 0 Å². The van der Waals surface area contributed by atoms with E-state index in [9.17, 15) is 0 Å². The van der Waals surface area contributed by atoms with E-state index in [1.165, 1.54) is 5.56 Å². The van der Waals surface area contributed by atoms with E-state index in [0.29, 0.717) is 0 Å². The third-order valence-corrected chi connectivity index (χ3v) is 2.00. The van der Waals surface area contributed by atoms with Crippen molar-refractivity contribution in [3.63, 3.8) is 0 Å². The van der Waals surface area contributed by atoms with Gasteiger partial charge < -0.3 is 0 Å². The molecule has 1 aromatic carbocycles. The van der Waals surface area contributed by atoms with Gasteiger partial charge in [-0.05, 0) is 36.3 Å². The van der Waals surface area contributed by atoms with Crippen molar-refractivity contribution in [2.45, 2.75) is 12.8 Å². The van der Waals surface area contributed by atoms with E-state index in [0.717, 1.165) is 24.2 Å². The van der Waals surface area contributed by atoms with E-state index < -0.39 is 0 Å². The Balaban J connectivity index is 2.68. The highest BCUT2D eigenvalue weighted by atomic mass is 32.1. The Labute approximate surface area is 78.4 Å². The zero-order valence-corrected chi connectivity index (χ0v) is 7.72. The molecule has 0 bridgehead atoms. The predicted molar refractivity (Wildman–Crippen MR) is 53.3 cm³/mol. The SMILES string of the molecule is N#Cc1cccc(CCCS)c1. The Morgan fingerprint density at radius 2 is 2.25 bits per heavy atom. The Hall–Kier alpha value is -0.940. The fraction of sp³-hybridized carbons (Fsp3) is 0.300. The molecule has 0 fully saturated rings. The molecule has 1 nitrogen and oxygen atoms in total. The second-order valence-corrected chi connectivity index (χ2v) is 3.09. The van der Waals surface area contributed by atoms with Crippen LogP contribution in [0.15, 0.2) is 24.3 Å². The molecule has 0 radical (unpaired) electrons. The largest absolute Gasteiger partial charge is 0.192 e. The lowest BCUT2D eigenvalue weighted by molar-refractivity contribution is 0.935. The summed E-state index contributed by atoms with van der Waals surface area (Å²) >= 11 is 4.13. The maximum Gasteiger partial charge on any atom is 0.0991 e. The van der Waals surface area contributed by atoms with Gasteiger partial charge in [0.15, 0.2) is 0 Å². The number of thiol groups is 1. The third-order valence-electron chi connectivity index (χ3n) is 1.68. The maximum absolute atomic E-state index is 8.62. The molecular weight excluding hydrogens is 166 g/mol. The quantitative estimate of drug-likeness (QED) is 0.704. The summed E-state index contributed by atoms with van der Waals surface area (Å²) in [5.74, 6) is 0.900. The van der Waals surface area contributed by atoms with E-state index in [1.807, 2.05) is 24.3 Å². The van der Waals surface area contributed by atoms with E-state index in [2.05, 4.69) is 18.7 Å². The number of nitriles is 1. The minimum atomic E-state index is 0.742. The number of benzene rings is 1. The summed E-state index contributed by atoms with van der Waals surface area (Å²) in [6.07, 6.45) is 2.08. The van der Waals surface area contributed by atoms with E-state index in [4.69, 9.17) is 5.26 Å². The minimum absolute atomic E-state index is 0.742. The summed E-state index contributed by atoms with van der Waals surface area (Å²) in [6, 6.07) is 9.85. The monoisotopic (exact) mass is 177 g/mol. The summed E-state index contributed by atoms with van der Waals surface area (Å²) in [5.41, 5.74) is 1.97. The van der Waals surface area contributed by atoms with Crippen LogP contribution < -0.4 is 0 Å². The second-order valence-electron chi connectivity index (χ2n) is 2.64. The zero-order valence-electron chi connectivity index (χ0n) is 6.83. The zero-order chi connectivity index (χ0) is 8.81. The van der Waals surface area contributed by atoms with Crippen LogP contribution >= 0.6 is 12.6 Å². The average molecular weight is 177 g/mol. The molecule has 0 aromatic heterocycles. The van der Waals surface area contributed by atoms with E-state index >= 15 is 0 Å². The Kier molecular flexibility index (Phi) is 3.69. The molecular formula is C10H11NS. The summed E-state index contributed by atoms with van der Waals surface area (Å²) in [7, 11) is 0. The van der Waals surface area contributed by atoms with Crippen molar-refractivity contribution in [1.82, 2.24) is 0 Å². The van der Waals surface area contributed by atoms with Gasteiger partial charge in [-0.2, -0.15) is 17.9 Å². The van der Waals surface area contributed by atoms with Gasteiger partial charge in [0.1, 0.15) is 0 Å². The van der Waals surface area contributed by atoms with Crippen LogP contribution in [0, 0.1) is 11.3 Å². The fourth-order valence-corrected chi connectivity index (χ4v) is 1.24. The number of aryl methyl sites for hydroxylation is 1. The van der Waals surface area contributed by atoms with Gasteiger partial charge in [0.05, 0.1) is 11.6 Å². The van der Waals surface area contributed by atoms with E-state index in [1.54, 1.807) is 0 Å². The molecule has 0 unspecified atom stereocenters. The molecule has 62 valence electrons. The lowest BCUT2D eigenvalue weighted by atomic mass is 10.1. The highest BCUT2D eigenvalue weighted by Gasteiger charge is 1.93. The molecule has 0 N–H and O–H groups in total. The van der Waals surface area contributed by atoms with Crippen molar-refractivity contribution in [1.29, 1.82) is 5.26 Å². The van der Waals surface area contributed by atoms with Crippen LogP contribution in [-0.4, -0.2) is 5.75 Å². The predicted octanol–water partition coefficient (Wildman–Crippen LogP) is 2.42. The second kappa shape index (κ2) is 4.84. The van der Waals surface area contributed by atoms with Gasteiger partial charge in [0.25, 0.3) is 0 Å². The lowest BCUT2D eigenvalue weighted by Crippen LogP contribution is -1.86. The van der Waals surface area contributed by atoms with Crippen LogP contribution in [0.5, 0.6) is 0 Å². The van der Waals surface area contributed by atoms with Crippen LogP contribution in [0.2, 0.25) is 0 Å². The maximum atomic E-state index is 8.62. The minimum Gasteiger partial charge on any atom is -0.192 e. The van der Waals surface area contributed by atoms with Crippen molar-refractivity contribution >= 4 is 12.6 Å².